The first-order valence-corrected chi connectivity index (χ1v) is 9.64. The van der Waals surface area contributed by atoms with Gasteiger partial charge in [-0.1, -0.05) is 12.1 Å². The Morgan fingerprint density at radius 2 is 2.03 bits per heavy atom. The minimum atomic E-state index is -0.450. The molecule has 0 radical (unpaired) electrons. The third-order valence-electron chi connectivity index (χ3n) is 5.37. The van der Waals surface area contributed by atoms with Crippen LogP contribution in [0.3, 0.4) is 0 Å². The minimum Gasteiger partial charge on any atom is -0.504 e. The van der Waals surface area contributed by atoms with E-state index < -0.39 is 11.9 Å². The molecular weight excluding hydrogens is 398 g/mol. The van der Waals surface area contributed by atoms with Crippen LogP contribution >= 0.6 is 0 Å². The number of ether oxygens (including phenoxy) is 3. The van der Waals surface area contributed by atoms with Crippen LogP contribution < -0.4 is 14.2 Å². The Labute approximate surface area is 177 Å². The zero-order valence-corrected chi connectivity index (χ0v) is 16.5. The van der Waals surface area contributed by atoms with Gasteiger partial charge in [0.2, 0.25) is 5.78 Å². The Morgan fingerprint density at radius 1 is 1.16 bits per heavy atom. The maximum atomic E-state index is 13.0. The number of aromatic nitrogens is 1. The Morgan fingerprint density at radius 3 is 2.77 bits per heavy atom. The molecule has 5 rings (SSSR count). The van der Waals surface area contributed by atoms with Gasteiger partial charge in [0.15, 0.2) is 17.3 Å². The fourth-order valence-corrected chi connectivity index (χ4v) is 3.93. The summed E-state index contributed by atoms with van der Waals surface area (Å²) in [6.45, 7) is 0. The summed E-state index contributed by atoms with van der Waals surface area (Å²) in [6.07, 6.45) is 4.96. The van der Waals surface area contributed by atoms with Gasteiger partial charge in [-0.25, -0.2) is 0 Å². The summed E-state index contributed by atoms with van der Waals surface area (Å²) in [4.78, 5) is 29.3. The van der Waals surface area contributed by atoms with Crippen molar-refractivity contribution in [1.82, 2.24) is 4.98 Å². The summed E-state index contributed by atoms with van der Waals surface area (Å²) in [7, 11) is 1.46. The predicted molar refractivity (Wildman–Crippen MR) is 110 cm³/mol. The molecule has 0 amide bonds. The molecule has 1 aromatic heterocycles. The van der Waals surface area contributed by atoms with Gasteiger partial charge < -0.3 is 19.3 Å². The Bertz CT molecular complexity index is 1250. The lowest BCUT2D eigenvalue weighted by molar-refractivity contribution is -0.135. The number of pyridine rings is 1. The van der Waals surface area contributed by atoms with Crippen molar-refractivity contribution in [2.45, 2.75) is 12.3 Å². The van der Waals surface area contributed by atoms with Crippen LogP contribution in [0.15, 0.2) is 60.6 Å². The number of rotatable bonds is 3. The standard InChI is InChI=1S/C24H17NO6/c1-29-18-6-4-14(10-17(18)26)16-11-21(27)30-19-7-5-15-23(28)20(31-24(15)22(16)19)9-13-3-2-8-25-12-13/h2-10,12,16,26H,11H2,1H3/b20-9-/t16-/m0/s1. The second kappa shape index (κ2) is 7.28. The molecule has 0 saturated carbocycles. The Balaban J connectivity index is 1.62. The van der Waals surface area contributed by atoms with Crippen molar-refractivity contribution in [3.63, 3.8) is 0 Å². The Hall–Kier alpha value is -4.13. The van der Waals surface area contributed by atoms with Gasteiger partial charge in [0, 0.05) is 23.9 Å². The fourth-order valence-electron chi connectivity index (χ4n) is 3.93. The van der Waals surface area contributed by atoms with E-state index in [1.165, 1.54) is 7.11 Å². The normalized spacial score (nSPS) is 18.2. The molecule has 0 unspecified atom stereocenters. The summed E-state index contributed by atoms with van der Waals surface area (Å²) in [5.74, 6) is 0.0587. The number of allylic oxidation sites excluding steroid dienone is 1. The van der Waals surface area contributed by atoms with E-state index in [2.05, 4.69) is 4.98 Å². The molecule has 3 aromatic rings. The number of Topliss-reactive ketones (excluding diaryl/α,β-unsaturated/α-hetero) is 1. The average molecular weight is 415 g/mol. The highest BCUT2D eigenvalue weighted by Crippen LogP contribution is 2.49. The number of nitrogens with zero attached hydrogens (tertiary/aromatic N) is 1. The maximum absolute atomic E-state index is 13.0. The molecule has 0 spiro atoms. The van der Waals surface area contributed by atoms with Crippen LogP contribution in [0.5, 0.6) is 23.0 Å². The van der Waals surface area contributed by atoms with Crippen molar-refractivity contribution in [2.75, 3.05) is 7.11 Å². The smallest absolute Gasteiger partial charge is 0.312 e. The number of hydrogen-bond acceptors (Lipinski definition) is 7. The molecule has 0 fully saturated rings. The van der Waals surface area contributed by atoms with Gasteiger partial charge >= 0.3 is 5.97 Å². The van der Waals surface area contributed by atoms with Crippen molar-refractivity contribution in [3.8, 4) is 23.0 Å². The molecular formula is C24H17NO6. The molecule has 2 aliphatic heterocycles. The molecule has 1 atom stereocenters. The number of esters is 1. The van der Waals surface area contributed by atoms with Crippen LogP contribution in [0, 0.1) is 0 Å². The van der Waals surface area contributed by atoms with E-state index in [1.54, 1.807) is 54.9 Å². The van der Waals surface area contributed by atoms with E-state index >= 15 is 0 Å². The number of hydrogen-bond donors (Lipinski definition) is 1. The zero-order chi connectivity index (χ0) is 21.5. The predicted octanol–water partition coefficient (Wildman–Crippen LogP) is 3.85. The van der Waals surface area contributed by atoms with E-state index in [0.717, 1.165) is 5.56 Å². The number of phenolic OH excluding ortho intramolecular Hbond substituents is 1. The zero-order valence-electron chi connectivity index (χ0n) is 16.5. The summed E-state index contributed by atoms with van der Waals surface area (Å²) >= 11 is 0. The van der Waals surface area contributed by atoms with E-state index in [-0.39, 0.29) is 23.7 Å². The quantitative estimate of drug-likeness (QED) is 0.394. The van der Waals surface area contributed by atoms with E-state index in [1.807, 2.05) is 6.07 Å². The summed E-state index contributed by atoms with van der Waals surface area (Å²) in [5.41, 5.74) is 2.42. The molecule has 2 aliphatic rings. The molecule has 0 bridgehead atoms. The first-order chi connectivity index (χ1) is 15.0. The van der Waals surface area contributed by atoms with Gasteiger partial charge in [-0.3, -0.25) is 14.6 Å². The molecule has 31 heavy (non-hydrogen) atoms. The first-order valence-electron chi connectivity index (χ1n) is 9.64. The highest BCUT2D eigenvalue weighted by Gasteiger charge is 2.38. The lowest BCUT2D eigenvalue weighted by Gasteiger charge is -2.26. The van der Waals surface area contributed by atoms with Crippen LogP contribution in [-0.4, -0.2) is 29.0 Å². The number of fused-ring (bicyclic) bond motifs is 3. The SMILES string of the molecule is COc1ccc([C@@H]2CC(=O)Oc3ccc4c(c32)O/C(=C\c2cccnc2)C4=O)cc1O. The average Bonchev–Trinajstić information content (AvgIpc) is 3.09. The minimum absolute atomic E-state index is 0.0396. The lowest BCUT2D eigenvalue weighted by atomic mass is 9.84. The van der Waals surface area contributed by atoms with Gasteiger partial charge in [-0.05, 0) is 47.5 Å². The number of methoxy groups -OCH3 is 1. The maximum Gasteiger partial charge on any atom is 0.312 e. The van der Waals surface area contributed by atoms with Crippen molar-refractivity contribution in [1.29, 1.82) is 0 Å². The van der Waals surface area contributed by atoms with Crippen LogP contribution in [0.1, 0.15) is 39.4 Å². The van der Waals surface area contributed by atoms with E-state index in [9.17, 15) is 14.7 Å². The molecule has 2 aromatic carbocycles. The van der Waals surface area contributed by atoms with Gasteiger partial charge in [0.1, 0.15) is 11.5 Å². The van der Waals surface area contributed by atoms with Crippen LogP contribution in [0.2, 0.25) is 0 Å². The van der Waals surface area contributed by atoms with Gasteiger partial charge in [-0.15, -0.1) is 0 Å². The van der Waals surface area contributed by atoms with Gasteiger partial charge in [0.25, 0.3) is 0 Å². The van der Waals surface area contributed by atoms with Crippen molar-refractivity contribution in [3.05, 3.63) is 82.9 Å². The Kier molecular flexibility index (Phi) is 4.43. The van der Waals surface area contributed by atoms with Crippen LogP contribution in [-0.2, 0) is 4.79 Å². The summed E-state index contributed by atoms with van der Waals surface area (Å²) < 4.78 is 16.5. The monoisotopic (exact) mass is 415 g/mol. The molecule has 0 aliphatic carbocycles. The van der Waals surface area contributed by atoms with Crippen molar-refractivity contribution >= 4 is 17.8 Å². The van der Waals surface area contributed by atoms with Crippen molar-refractivity contribution < 1.29 is 28.9 Å². The van der Waals surface area contributed by atoms with E-state index in [0.29, 0.717) is 33.9 Å². The molecule has 3 heterocycles. The molecule has 7 nitrogen and oxygen atoms in total. The second-order valence-electron chi connectivity index (χ2n) is 7.24. The second-order valence-corrected chi connectivity index (χ2v) is 7.24. The lowest BCUT2D eigenvalue weighted by Crippen LogP contribution is -2.21. The first kappa shape index (κ1) is 18.9. The van der Waals surface area contributed by atoms with Crippen LogP contribution in [0.4, 0.5) is 0 Å². The number of ketones is 1. The highest BCUT2D eigenvalue weighted by atomic mass is 16.5. The number of benzene rings is 2. The van der Waals surface area contributed by atoms with Crippen molar-refractivity contribution in [2.24, 2.45) is 0 Å². The molecule has 154 valence electrons. The topological polar surface area (TPSA) is 95.0 Å². The van der Waals surface area contributed by atoms with Gasteiger partial charge in [-0.2, -0.15) is 0 Å². The molecule has 7 heteroatoms. The van der Waals surface area contributed by atoms with Gasteiger partial charge in [0.05, 0.1) is 19.1 Å². The third-order valence-corrected chi connectivity index (χ3v) is 5.37. The highest BCUT2D eigenvalue weighted by molar-refractivity contribution is 6.15. The molecule has 0 saturated heterocycles. The van der Waals surface area contributed by atoms with Crippen LogP contribution in [0.25, 0.3) is 6.08 Å². The largest absolute Gasteiger partial charge is 0.504 e. The number of phenols is 1. The summed E-state index contributed by atoms with van der Waals surface area (Å²) in [5, 5.41) is 10.2. The fraction of sp³-hybridized carbons (Fsp3) is 0.125. The number of carbonyl (C=O) groups is 2. The molecule has 1 N–H and O–H groups in total. The number of aromatic hydroxyl groups is 1. The van der Waals surface area contributed by atoms with E-state index in [4.69, 9.17) is 14.2 Å². The third kappa shape index (κ3) is 3.20. The summed E-state index contributed by atoms with van der Waals surface area (Å²) in [6, 6.07) is 11.7. The number of carbonyl (C=O) groups excluding carboxylic acids is 2.